The minimum Gasteiger partial charge on any atom is -0.387 e. The third-order valence-electron chi connectivity index (χ3n) is 2.99. The Balaban J connectivity index is 1.95. The fourth-order valence-electron chi connectivity index (χ4n) is 1.96. The van der Waals surface area contributed by atoms with E-state index in [2.05, 4.69) is 9.89 Å². The lowest BCUT2D eigenvalue weighted by Crippen LogP contribution is -2.38. The van der Waals surface area contributed by atoms with Crippen LogP contribution in [0.4, 0.5) is 5.69 Å². The van der Waals surface area contributed by atoms with Crippen LogP contribution in [0.2, 0.25) is 0 Å². The molecular weight excluding hydrogens is 232 g/mol. The molecule has 1 aromatic rings. The molecule has 96 valence electrons. The standard InChI is InChI=1S/C13H16N2O3/c16-10-14-12-3-1-11(2-4-12)13(17)9-15-5-7-18-8-6-15/h1-4,13,17H,5-9H2. The van der Waals surface area contributed by atoms with Gasteiger partial charge in [-0.25, -0.2) is 4.79 Å². The number of ether oxygens (including phenoxy) is 1. The van der Waals surface area contributed by atoms with Crippen LogP contribution in [0.25, 0.3) is 0 Å². The van der Waals surface area contributed by atoms with Crippen molar-refractivity contribution < 1.29 is 14.6 Å². The number of rotatable bonds is 4. The van der Waals surface area contributed by atoms with Crippen molar-refractivity contribution in [3.05, 3.63) is 29.8 Å². The largest absolute Gasteiger partial charge is 0.387 e. The van der Waals surface area contributed by atoms with Crippen molar-refractivity contribution in [2.24, 2.45) is 4.99 Å². The summed E-state index contributed by atoms with van der Waals surface area (Å²) in [5.41, 5.74) is 1.37. The van der Waals surface area contributed by atoms with Gasteiger partial charge in [-0.15, -0.1) is 0 Å². The fourth-order valence-corrected chi connectivity index (χ4v) is 1.96. The first kappa shape index (κ1) is 12.9. The van der Waals surface area contributed by atoms with Crippen molar-refractivity contribution in [2.75, 3.05) is 32.8 Å². The minimum atomic E-state index is -0.530. The molecule has 1 aromatic carbocycles. The van der Waals surface area contributed by atoms with Crippen LogP contribution < -0.4 is 0 Å². The Kier molecular flexibility index (Phi) is 4.61. The van der Waals surface area contributed by atoms with Crippen LogP contribution in [0.15, 0.2) is 29.3 Å². The quantitative estimate of drug-likeness (QED) is 0.638. The van der Waals surface area contributed by atoms with Crippen LogP contribution in [-0.4, -0.2) is 48.9 Å². The zero-order valence-electron chi connectivity index (χ0n) is 10.1. The van der Waals surface area contributed by atoms with Gasteiger partial charge in [0.1, 0.15) is 0 Å². The molecule has 1 N–H and O–H groups in total. The summed E-state index contributed by atoms with van der Waals surface area (Å²) in [5.74, 6) is 0. The highest BCUT2D eigenvalue weighted by Gasteiger charge is 2.15. The predicted molar refractivity (Wildman–Crippen MR) is 66.4 cm³/mol. The van der Waals surface area contributed by atoms with E-state index in [1.807, 2.05) is 0 Å². The molecule has 0 aliphatic carbocycles. The third kappa shape index (κ3) is 3.48. The Bertz CT molecular complexity index is 420. The van der Waals surface area contributed by atoms with Gasteiger partial charge < -0.3 is 9.84 Å². The van der Waals surface area contributed by atoms with Crippen molar-refractivity contribution >= 4 is 11.8 Å². The molecule has 0 aromatic heterocycles. The smallest absolute Gasteiger partial charge is 0.240 e. The van der Waals surface area contributed by atoms with Gasteiger partial charge in [0.25, 0.3) is 0 Å². The van der Waals surface area contributed by atoms with Gasteiger partial charge in [-0.1, -0.05) is 12.1 Å². The van der Waals surface area contributed by atoms with Crippen molar-refractivity contribution in [1.82, 2.24) is 4.90 Å². The Morgan fingerprint density at radius 1 is 1.33 bits per heavy atom. The van der Waals surface area contributed by atoms with Gasteiger partial charge in [-0.2, -0.15) is 4.99 Å². The Morgan fingerprint density at radius 3 is 2.61 bits per heavy atom. The summed E-state index contributed by atoms with van der Waals surface area (Å²) in [7, 11) is 0. The molecule has 0 amide bonds. The van der Waals surface area contributed by atoms with Gasteiger partial charge in [0.15, 0.2) is 0 Å². The fraction of sp³-hybridized carbons (Fsp3) is 0.462. The number of nitrogens with zero attached hydrogens (tertiary/aromatic N) is 2. The minimum absolute atomic E-state index is 0.530. The third-order valence-corrected chi connectivity index (χ3v) is 2.99. The molecule has 1 saturated heterocycles. The average Bonchev–Trinajstić information content (AvgIpc) is 2.41. The van der Waals surface area contributed by atoms with Gasteiger partial charge >= 0.3 is 0 Å². The number of aliphatic hydroxyl groups excluding tert-OH is 1. The number of hydrogen-bond acceptors (Lipinski definition) is 5. The molecule has 1 atom stereocenters. The number of aliphatic hydroxyl groups is 1. The first-order chi connectivity index (χ1) is 8.79. The highest BCUT2D eigenvalue weighted by atomic mass is 16.5. The summed E-state index contributed by atoms with van der Waals surface area (Å²) in [6, 6.07) is 6.95. The number of aliphatic imine (C=N–C) groups is 1. The Morgan fingerprint density at radius 2 is 2.00 bits per heavy atom. The number of benzene rings is 1. The molecule has 1 aliphatic heterocycles. The van der Waals surface area contributed by atoms with E-state index < -0.39 is 6.10 Å². The second-order valence-electron chi connectivity index (χ2n) is 4.22. The predicted octanol–water partition coefficient (Wildman–Crippen LogP) is 1.02. The van der Waals surface area contributed by atoms with E-state index in [1.54, 1.807) is 24.3 Å². The van der Waals surface area contributed by atoms with Crippen LogP contribution in [0.1, 0.15) is 11.7 Å². The van der Waals surface area contributed by atoms with Gasteiger partial charge in [0.05, 0.1) is 25.0 Å². The number of hydrogen-bond donors (Lipinski definition) is 1. The van der Waals surface area contributed by atoms with Crippen molar-refractivity contribution in [3.63, 3.8) is 0 Å². The molecule has 0 radical (unpaired) electrons. The summed E-state index contributed by atoms with van der Waals surface area (Å²) >= 11 is 0. The normalized spacial score (nSPS) is 18.1. The molecule has 5 nitrogen and oxygen atoms in total. The van der Waals surface area contributed by atoms with E-state index in [-0.39, 0.29) is 0 Å². The average molecular weight is 248 g/mol. The Labute approximate surface area is 106 Å². The number of morpholine rings is 1. The lowest BCUT2D eigenvalue weighted by atomic mass is 10.1. The van der Waals surface area contributed by atoms with Crippen molar-refractivity contribution in [2.45, 2.75) is 6.10 Å². The number of isocyanates is 1. The molecule has 1 fully saturated rings. The zero-order valence-corrected chi connectivity index (χ0v) is 10.1. The van der Waals surface area contributed by atoms with Crippen LogP contribution >= 0.6 is 0 Å². The molecule has 1 heterocycles. The molecule has 5 heteroatoms. The monoisotopic (exact) mass is 248 g/mol. The lowest BCUT2D eigenvalue weighted by molar-refractivity contribution is 0.0143. The summed E-state index contributed by atoms with van der Waals surface area (Å²) in [4.78, 5) is 15.8. The molecule has 0 saturated carbocycles. The van der Waals surface area contributed by atoms with Gasteiger partial charge in [-0.3, -0.25) is 4.90 Å². The number of β-amino-alcohol motifs (C(OH)–C–C–N with tert-alkyl or cyclic N) is 1. The van der Waals surface area contributed by atoms with E-state index in [0.29, 0.717) is 12.2 Å². The maximum atomic E-state index is 10.1. The molecular formula is C13H16N2O3. The SMILES string of the molecule is O=C=Nc1ccc(C(O)CN2CCOCC2)cc1. The van der Waals surface area contributed by atoms with Crippen molar-refractivity contribution in [3.8, 4) is 0 Å². The topological polar surface area (TPSA) is 62.1 Å². The van der Waals surface area contributed by atoms with Crippen LogP contribution in [0, 0.1) is 0 Å². The van der Waals surface area contributed by atoms with Crippen molar-refractivity contribution in [1.29, 1.82) is 0 Å². The highest BCUT2D eigenvalue weighted by Crippen LogP contribution is 2.19. The first-order valence-electron chi connectivity index (χ1n) is 5.95. The maximum Gasteiger partial charge on any atom is 0.240 e. The molecule has 1 unspecified atom stereocenters. The van der Waals surface area contributed by atoms with Gasteiger partial charge in [-0.05, 0) is 17.7 Å². The second kappa shape index (κ2) is 6.42. The van der Waals surface area contributed by atoms with E-state index in [4.69, 9.17) is 4.74 Å². The summed E-state index contributed by atoms with van der Waals surface area (Å²) in [6.07, 6.45) is 0.959. The van der Waals surface area contributed by atoms with Gasteiger partial charge in [0.2, 0.25) is 6.08 Å². The van der Waals surface area contributed by atoms with E-state index in [1.165, 1.54) is 6.08 Å². The van der Waals surface area contributed by atoms with Crippen LogP contribution in [0.5, 0.6) is 0 Å². The van der Waals surface area contributed by atoms with E-state index >= 15 is 0 Å². The highest BCUT2D eigenvalue weighted by molar-refractivity contribution is 5.49. The molecule has 18 heavy (non-hydrogen) atoms. The lowest BCUT2D eigenvalue weighted by Gasteiger charge is -2.28. The van der Waals surface area contributed by atoms with Crippen LogP contribution in [0.3, 0.4) is 0 Å². The molecule has 1 aliphatic rings. The van der Waals surface area contributed by atoms with E-state index in [0.717, 1.165) is 31.9 Å². The van der Waals surface area contributed by atoms with Crippen LogP contribution in [-0.2, 0) is 9.53 Å². The molecule has 2 rings (SSSR count). The van der Waals surface area contributed by atoms with Gasteiger partial charge in [0, 0.05) is 19.6 Å². The molecule has 0 bridgehead atoms. The summed E-state index contributed by atoms with van der Waals surface area (Å²) < 4.78 is 5.26. The summed E-state index contributed by atoms with van der Waals surface area (Å²) in [5, 5.41) is 10.1. The molecule has 0 spiro atoms. The number of carbonyl (C=O) groups excluding carboxylic acids is 1. The summed E-state index contributed by atoms with van der Waals surface area (Å²) in [6.45, 7) is 3.74. The second-order valence-corrected chi connectivity index (χ2v) is 4.22. The Hall–Kier alpha value is -1.52. The van der Waals surface area contributed by atoms with E-state index in [9.17, 15) is 9.90 Å². The zero-order chi connectivity index (χ0) is 12.8. The first-order valence-corrected chi connectivity index (χ1v) is 5.95. The maximum absolute atomic E-state index is 10.1.